The van der Waals surface area contributed by atoms with Crippen LogP contribution in [0.1, 0.15) is 13.3 Å². The molecule has 10 nitrogen and oxygen atoms in total. The van der Waals surface area contributed by atoms with Gasteiger partial charge in [0.05, 0.1) is 14.2 Å². The second-order valence-electron chi connectivity index (χ2n) is 4.26. The van der Waals surface area contributed by atoms with Crippen LogP contribution in [0.25, 0.3) is 0 Å². The van der Waals surface area contributed by atoms with Crippen LogP contribution in [0.15, 0.2) is 18.2 Å². The van der Waals surface area contributed by atoms with Crippen LogP contribution in [0.2, 0.25) is 0 Å². The normalized spacial score (nSPS) is 10.0. The molecule has 0 spiro atoms. The SMILES string of the molecule is CC(=O)Nc1cc([As](=O)(O)O)ccc1O.COC(=O)CC(=O)OC. The molecule has 1 aromatic carbocycles. The summed E-state index contributed by atoms with van der Waals surface area (Å²) >= 11 is -4.98. The van der Waals surface area contributed by atoms with E-state index in [9.17, 15) is 23.2 Å². The van der Waals surface area contributed by atoms with Crippen LogP contribution in [0.3, 0.4) is 0 Å². The Morgan fingerprint density at radius 3 is 2.00 bits per heavy atom. The summed E-state index contributed by atoms with van der Waals surface area (Å²) in [6.45, 7) is 1.23. The molecule has 4 N–H and O–H groups in total. The predicted octanol–water partition coefficient (Wildman–Crippen LogP) is -1.37. The van der Waals surface area contributed by atoms with Crippen molar-refractivity contribution in [3.05, 3.63) is 18.2 Å². The van der Waals surface area contributed by atoms with Gasteiger partial charge in [-0.3, -0.25) is 9.59 Å². The summed E-state index contributed by atoms with van der Waals surface area (Å²) in [5.41, 5.74) is -0.00951. The standard InChI is InChI=1S/C8H10AsNO5.C5H8O4/c1-5(11)10-7-4-6(9(13,14)15)2-3-8(7)12;1-8-4(6)3-5(7)9-2/h2-4,12H,1H3,(H,10,11)(H2,13,14,15);3H2,1-2H3. The Bertz CT molecular complexity index is 639. The molecule has 11 heteroatoms. The quantitative estimate of drug-likeness (QED) is 0.204. The first kappa shape index (κ1) is 21.7. The van der Waals surface area contributed by atoms with E-state index in [1.807, 2.05) is 0 Å². The Hall–Kier alpha value is -2.29. The number of carbonyl (C=O) groups is 3. The number of amides is 1. The Kier molecular flexibility index (Phi) is 8.83. The topological polar surface area (TPSA) is 159 Å². The Labute approximate surface area is 140 Å². The van der Waals surface area contributed by atoms with Crippen LogP contribution in [-0.2, 0) is 27.6 Å². The number of nitrogens with one attached hydrogen (secondary N) is 1. The molecule has 0 saturated heterocycles. The second-order valence-corrected chi connectivity index (χ2v) is 7.62. The molecular formula is C13H18AsNO9. The van der Waals surface area contributed by atoms with E-state index in [0.29, 0.717) is 0 Å². The largest absolute Gasteiger partial charge is 0.469 e. The third kappa shape index (κ3) is 8.37. The number of ether oxygens (including phenoxy) is 2. The minimum absolute atomic E-state index is 0.00951. The van der Waals surface area contributed by atoms with Gasteiger partial charge in [-0.15, -0.1) is 0 Å². The maximum Gasteiger partial charge on any atom is 0.316 e. The van der Waals surface area contributed by atoms with Crippen molar-refractivity contribution in [3.63, 3.8) is 0 Å². The van der Waals surface area contributed by atoms with Crippen molar-refractivity contribution >= 4 is 42.1 Å². The average molecular weight is 407 g/mol. The van der Waals surface area contributed by atoms with Crippen molar-refractivity contribution in [3.8, 4) is 5.75 Å². The zero-order valence-corrected chi connectivity index (χ0v) is 15.1. The maximum atomic E-state index is 10.9. The first-order chi connectivity index (χ1) is 11.0. The fourth-order valence-corrected chi connectivity index (χ4v) is 2.44. The number of esters is 2. The zero-order valence-electron chi connectivity index (χ0n) is 13.2. The first-order valence-corrected chi connectivity index (χ1v) is 9.69. The molecule has 0 aliphatic rings. The van der Waals surface area contributed by atoms with E-state index in [-0.39, 0.29) is 22.2 Å². The van der Waals surface area contributed by atoms with Gasteiger partial charge in [0.1, 0.15) is 6.42 Å². The molecule has 1 aromatic rings. The summed E-state index contributed by atoms with van der Waals surface area (Å²) < 4.78 is 36.9. The van der Waals surface area contributed by atoms with Gasteiger partial charge < -0.3 is 9.47 Å². The molecule has 0 aromatic heterocycles. The van der Waals surface area contributed by atoms with Gasteiger partial charge in [-0.25, -0.2) is 0 Å². The molecule has 134 valence electrons. The molecule has 0 aliphatic heterocycles. The minimum Gasteiger partial charge on any atom is -0.469 e. The van der Waals surface area contributed by atoms with E-state index in [1.54, 1.807) is 0 Å². The summed E-state index contributed by atoms with van der Waals surface area (Å²) in [7, 11) is 2.43. The summed E-state index contributed by atoms with van der Waals surface area (Å²) in [6.07, 6.45) is -0.312. The monoisotopic (exact) mass is 407 g/mol. The number of rotatable bonds is 4. The summed E-state index contributed by atoms with van der Waals surface area (Å²) in [6, 6.07) is 3.32. The van der Waals surface area contributed by atoms with Gasteiger partial charge in [0.2, 0.25) is 0 Å². The van der Waals surface area contributed by atoms with E-state index in [2.05, 4.69) is 14.8 Å². The number of phenolic OH excluding ortho intramolecular Hbond substituents is 1. The third-order valence-electron chi connectivity index (χ3n) is 2.37. The molecule has 0 fully saturated rings. The fraction of sp³-hybridized carbons (Fsp3) is 0.308. The molecule has 24 heavy (non-hydrogen) atoms. The summed E-state index contributed by atoms with van der Waals surface area (Å²) in [5, 5.41) is 11.6. The smallest absolute Gasteiger partial charge is 0.316 e. The first-order valence-electron chi connectivity index (χ1n) is 6.31. The average Bonchev–Trinajstić information content (AvgIpc) is 2.48. The number of carbonyl (C=O) groups excluding carboxylic acids is 3. The van der Waals surface area contributed by atoms with Crippen molar-refractivity contribution in [2.24, 2.45) is 0 Å². The number of anilines is 1. The number of phenols is 1. The molecular weight excluding hydrogens is 389 g/mol. The van der Waals surface area contributed by atoms with Crippen LogP contribution in [0, 0.1) is 0 Å². The molecule has 1 rings (SSSR count). The van der Waals surface area contributed by atoms with Crippen LogP contribution >= 0.6 is 0 Å². The summed E-state index contributed by atoms with van der Waals surface area (Å²) in [5.74, 6) is -1.83. The van der Waals surface area contributed by atoms with Crippen molar-refractivity contribution < 1.29 is 40.9 Å². The van der Waals surface area contributed by atoms with Crippen LogP contribution in [0.4, 0.5) is 5.69 Å². The molecule has 0 radical (unpaired) electrons. The van der Waals surface area contributed by atoms with Crippen LogP contribution < -0.4 is 9.67 Å². The van der Waals surface area contributed by atoms with E-state index >= 15 is 0 Å². The molecule has 1 amide bonds. The Morgan fingerprint density at radius 1 is 1.12 bits per heavy atom. The van der Waals surface area contributed by atoms with Crippen molar-refractivity contribution in [2.45, 2.75) is 13.3 Å². The van der Waals surface area contributed by atoms with Crippen molar-refractivity contribution in [1.82, 2.24) is 0 Å². The Balaban J connectivity index is 0.000000506. The van der Waals surface area contributed by atoms with Crippen molar-refractivity contribution in [2.75, 3.05) is 19.5 Å². The van der Waals surface area contributed by atoms with E-state index in [4.69, 9.17) is 8.19 Å². The van der Waals surface area contributed by atoms with Gasteiger partial charge in [-0.2, -0.15) is 0 Å². The Morgan fingerprint density at radius 2 is 1.62 bits per heavy atom. The number of hydrogen-bond donors (Lipinski definition) is 4. The zero-order chi connectivity index (χ0) is 18.9. The van der Waals surface area contributed by atoms with E-state index < -0.39 is 32.0 Å². The molecule has 0 unspecified atom stereocenters. The van der Waals surface area contributed by atoms with Crippen molar-refractivity contribution in [1.29, 1.82) is 0 Å². The number of methoxy groups -OCH3 is 2. The van der Waals surface area contributed by atoms with Gasteiger partial charge in [0.25, 0.3) is 0 Å². The van der Waals surface area contributed by atoms with Gasteiger partial charge in [0.15, 0.2) is 0 Å². The summed E-state index contributed by atoms with van der Waals surface area (Å²) in [4.78, 5) is 31.2. The molecule has 0 aliphatic carbocycles. The maximum absolute atomic E-state index is 10.9. The fourth-order valence-electron chi connectivity index (χ4n) is 1.26. The van der Waals surface area contributed by atoms with Gasteiger partial charge >= 0.3 is 100 Å². The van der Waals surface area contributed by atoms with Crippen LogP contribution in [-0.4, -0.2) is 59.5 Å². The van der Waals surface area contributed by atoms with Gasteiger partial charge in [0, 0.05) is 0 Å². The molecule has 0 bridgehead atoms. The van der Waals surface area contributed by atoms with Gasteiger partial charge in [-0.05, 0) is 0 Å². The van der Waals surface area contributed by atoms with Crippen LogP contribution in [0.5, 0.6) is 5.75 Å². The molecule has 0 heterocycles. The second kappa shape index (κ2) is 9.76. The number of hydrogen-bond acceptors (Lipinski definition) is 7. The third-order valence-corrected chi connectivity index (χ3v) is 4.37. The number of benzene rings is 1. The minimum atomic E-state index is -4.98. The predicted molar refractivity (Wildman–Crippen MR) is 81.6 cm³/mol. The molecule has 0 saturated carbocycles. The van der Waals surface area contributed by atoms with E-state index in [0.717, 1.165) is 18.2 Å². The molecule has 0 atom stereocenters. The van der Waals surface area contributed by atoms with Gasteiger partial charge in [-0.1, -0.05) is 0 Å². The number of aromatic hydroxyl groups is 1. The van der Waals surface area contributed by atoms with E-state index in [1.165, 1.54) is 21.1 Å².